The van der Waals surface area contributed by atoms with E-state index < -0.39 is 17.4 Å². The van der Waals surface area contributed by atoms with E-state index in [-0.39, 0.29) is 11.5 Å². The number of allylic oxidation sites excluding steroid dienone is 1. The van der Waals surface area contributed by atoms with Crippen LogP contribution in [0, 0.1) is 11.3 Å². The van der Waals surface area contributed by atoms with Crippen LogP contribution in [0.5, 0.6) is 0 Å². The Labute approximate surface area is 81.2 Å². The monoisotopic (exact) mass is 196 g/mol. The number of carboxylic acids is 2. The Morgan fingerprint density at radius 3 is 2.50 bits per heavy atom. The number of hydrogen-bond acceptors (Lipinski definition) is 2. The fourth-order valence-corrected chi connectivity index (χ4v) is 2.90. The maximum Gasteiger partial charge on any atom is 0.332 e. The van der Waals surface area contributed by atoms with Gasteiger partial charge in [0.1, 0.15) is 5.41 Å². The van der Waals surface area contributed by atoms with Gasteiger partial charge in [0.25, 0.3) is 0 Å². The van der Waals surface area contributed by atoms with E-state index in [9.17, 15) is 9.59 Å². The largest absolute Gasteiger partial charge is 0.481 e. The van der Waals surface area contributed by atoms with Crippen molar-refractivity contribution in [3.63, 3.8) is 0 Å². The van der Waals surface area contributed by atoms with Crippen LogP contribution >= 0.6 is 0 Å². The minimum atomic E-state index is -1.08. The molecule has 4 nitrogen and oxygen atoms in total. The lowest BCUT2D eigenvalue weighted by Gasteiger charge is -2.23. The van der Waals surface area contributed by atoms with Crippen LogP contribution in [-0.4, -0.2) is 22.2 Å². The number of hydrogen-bond donors (Lipinski definition) is 2. The molecule has 4 heteroatoms. The molecule has 2 N–H and O–H groups in total. The van der Waals surface area contributed by atoms with Crippen molar-refractivity contribution in [1.29, 1.82) is 0 Å². The SMILES string of the molecule is CC1=C(C(=O)O)C2(C(=O)O)CCC1C2. The molecular formula is C10H12O4. The molecule has 0 aromatic rings. The molecule has 0 aliphatic heterocycles. The van der Waals surface area contributed by atoms with E-state index in [0.717, 1.165) is 12.0 Å². The lowest BCUT2D eigenvalue weighted by molar-refractivity contribution is -0.149. The Bertz CT molecular complexity index is 355. The van der Waals surface area contributed by atoms with Crippen LogP contribution < -0.4 is 0 Å². The fraction of sp³-hybridized carbons (Fsp3) is 0.600. The summed E-state index contributed by atoms with van der Waals surface area (Å²) in [4.78, 5) is 22.1. The van der Waals surface area contributed by atoms with Crippen molar-refractivity contribution < 1.29 is 19.8 Å². The first-order valence-electron chi connectivity index (χ1n) is 4.67. The van der Waals surface area contributed by atoms with Gasteiger partial charge in [0.2, 0.25) is 0 Å². The quantitative estimate of drug-likeness (QED) is 0.697. The van der Waals surface area contributed by atoms with E-state index in [2.05, 4.69) is 0 Å². The summed E-state index contributed by atoms with van der Waals surface area (Å²) < 4.78 is 0. The van der Waals surface area contributed by atoms with Gasteiger partial charge in [-0.2, -0.15) is 0 Å². The normalized spacial score (nSPS) is 35.1. The first-order valence-corrected chi connectivity index (χ1v) is 4.67. The number of fused-ring (bicyclic) bond motifs is 2. The van der Waals surface area contributed by atoms with Gasteiger partial charge < -0.3 is 10.2 Å². The summed E-state index contributed by atoms with van der Waals surface area (Å²) in [5.41, 5.74) is -0.173. The standard InChI is InChI=1S/C10H12O4/c1-5-6-2-3-10(4-6,9(13)14)7(5)8(11)12/h6H,2-4H2,1H3,(H,11,12)(H,13,14). The third-order valence-corrected chi connectivity index (χ3v) is 3.62. The molecule has 0 amide bonds. The van der Waals surface area contributed by atoms with Crippen LogP contribution in [-0.2, 0) is 9.59 Å². The zero-order chi connectivity index (χ0) is 10.5. The van der Waals surface area contributed by atoms with Gasteiger partial charge in [0.05, 0.1) is 5.57 Å². The smallest absolute Gasteiger partial charge is 0.332 e. The molecule has 76 valence electrons. The molecule has 0 spiro atoms. The average Bonchev–Trinajstić information content (AvgIpc) is 2.59. The highest BCUT2D eigenvalue weighted by atomic mass is 16.4. The molecule has 0 saturated heterocycles. The number of rotatable bonds is 2. The van der Waals surface area contributed by atoms with E-state index in [1.165, 1.54) is 0 Å². The second-order valence-electron chi connectivity index (χ2n) is 4.19. The van der Waals surface area contributed by atoms with Crippen molar-refractivity contribution in [3.05, 3.63) is 11.1 Å². The Balaban J connectivity index is 2.54. The zero-order valence-electron chi connectivity index (χ0n) is 7.91. The molecule has 0 radical (unpaired) electrons. The summed E-state index contributed by atoms with van der Waals surface area (Å²) >= 11 is 0. The third-order valence-electron chi connectivity index (χ3n) is 3.62. The van der Waals surface area contributed by atoms with Gasteiger partial charge in [-0.25, -0.2) is 4.79 Å². The highest BCUT2D eigenvalue weighted by Gasteiger charge is 2.57. The second-order valence-corrected chi connectivity index (χ2v) is 4.19. The molecule has 0 heterocycles. The van der Waals surface area contributed by atoms with Crippen LogP contribution in [0.15, 0.2) is 11.1 Å². The van der Waals surface area contributed by atoms with Crippen LogP contribution in [0.2, 0.25) is 0 Å². The van der Waals surface area contributed by atoms with Crippen molar-refractivity contribution in [2.75, 3.05) is 0 Å². The van der Waals surface area contributed by atoms with E-state index in [0.29, 0.717) is 12.8 Å². The molecule has 1 fully saturated rings. The molecule has 2 aliphatic carbocycles. The topological polar surface area (TPSA) is 74.6 Å². The van der Waals surface area contributed by atoms with Crippen molar-refractivity contribution in [3.8, 4) is 0 Å². The summed E-state index contributed by atoms with van der Waals surface area (Å²) in [7, 11) is 0. The number of carbonyl (C=O) groups is 2. The average molecular weight is 196 g/mol. The predicted molar refractivity (Wildman–Crippen MR) is 47.7 cm³/mol. The first kappa shape index (κ1) is 9.24. The Hall–Kier alpha value is -1.32. The third kappa shape index (κ3) is 0.882. The van der Waals surface area contributed by atoms with Crippen LogP contribution in [0.3, 0.4) is 0 Å². The minimum Gasteiger partial charge on any atom is -0.481 e. The lowest BCUT2D eigenvalue weighted by Crippen LogP contribution is -2.32. The molecule has 2 atom stereocenters. The molecule has 14 heavy (non-hydrogen) atoms. The zero-order valence-corrected chi connectivity index (χ0v) is 7.91. The Morgan fingerprint density at radius 1 is 1.43 bits per heavy atom. The Morgan fingerprint density at radius 2 is 2.07 bits per heavy atom. The molecule has 0 aromatic heterocycles. The summed E-state index contributed by atoms with van der Waals surface area (Å²) in [5.74, 6) is -1.86. The van der Waals surface area contributed by atoms with Crippen molar-refractivity contribution >= 4 is 11.9 Å². The fourth-order valence-electron chi connectivity index (χ4n) is 2.90. The molecule has 1 saturated carbocycles. The maximum atomic E-state index is 11.1. The highest BCUT2D eigenvalue weighted by Crippen LogP contribution is 2.57. The molecule has 0 aromatic carbocycles. The van der Waals surface area contributed by atoms with Crippen molar-refractivity contribution in [1.82, 2.24) is 0 Å². The summed E-state index contributed by atoms with van der Waals surface area (Å²) in [6.45, 7) is 1.75. The van der Waals surface area contributed by atoms with Gasteiger partial charge in [-0.3, -0.25) is 4.79 Å². The van der Waals surface area contributed by atoms with Gasteiger partial charge in [-0.1, -0.05) is 5.57 Å². The highest BCUT2D eigenvalue weighted by molar-refractivity contribution is 5.99. The summed E-state index contributed by atoms with van der Waals surface area (Å²) in [5, 5.41) is 18.1. The van der Waals surface area contributed by atoms with Gasteiger partial charge >= 0.3 is 11.9 Å². The van der Waals surface area contributed by atoms with E-state index >= 15 is 0 Å². The van der Waals surface area contributed by atoms with Gasteiger partial charge in [-0.15, -0.1) is 0 Å². The van der Waals surface area contributed by atoms with Crippen molar-refractivity contribution in [2.24, 2.45) is 11.3 Å². The van der Waals surface area contributed by atoms with E-state index in [1.807, 2.05) is 0 Å². The second kappa shape index (κ2) is 2.59. The summed E-state index contributed by atoms with van der Waals surface area (Å²) in [6, 6.07) is 0. The molecule has 2 unspecified atom stereocenters. The summed E-state index contributed by atoms with van der Waals surface area (Å²) in [6.07, 6.45) is 1.77. The predicted octanol–water partition coefficient (Wildman–Crippen LogP) is 1.27. The van der Waals surface area contributed by atoms with Crippen LogP contribution in [0.4, 0.5) is 0 Å². The Kier molecular flexibility index (Phi) is 1.71. The lowest BCUT2D eigenvalue weighted by atomic mass is 9.79. The number of aliphatic carboxylic acids is 2. The molecule has 2 bridgehead atoms. The minimum absolute atomic E-state index is 0.140. The maximum absolute atomic E-state index is 11.1. The molecule has 2 aliphatic rings. The van der Waals surface area contributed by atoms with Gasteiger partial charge in [0.15, 0.2) is 0 Å². The van der Waals surface area contributed by atoms with Gasteiger partial charge in [0, 0.05) is 0 Å². The van der Waals surface area contributed by atoms with Crippen molar-refractivity contribution in [2.45, 2.75) is 26.2 Å². The number of carboxylic acid groups (broad SMARTS) is 2. The molecule has 2 rings (SSSR count). The van der Waals surface area contributed by atoms with E-state index in [4.69, 9.17) is 10.2 Å². The first-order chi connectivity index (χ1) is 6.49. The van der Waals surface area contributed by atoms with Crippen LogP contribution in [0.25, 0.3) is 0 Å². The van der Waals surface area contributed by atoms with Gasteiger partial charge in [-0.05, 0) is 32.1 Å². The molecular weight excluding hydrogens is 184 g/mol. The van der Waals surface area contributed by atoms with E-state index in [1.54, 1.807) is 6.92 Å². The van der Waals surface area contributed by atoms with Crippen LogP contribution in [0.1, 0.15) is 26.2 Å².